The lowest BCUT2D eigenvalue weighted by Gasteiger charge is -2.27. The molecular formula is C22H23BrClN3O3. The van der Waals surface area contributed by atoms with Gasteiger partial charge in [0.15, 0.2) is 0 Å². The third kappa shape index (κ3) is 4.84. The summed E-state index contributed by atoms with van der Waals surface area (Å²) in [5, 5.41) is 9.72. The summed E-state index contributed by atoms with van der Waals surface area (Å²) in [4.78, 5) is 25.5. The first-order chi connectivity index (χ1) is 14.4. The fourth-order valence-corrected chi connectivity index (χ4v) is 3.84. The molecule has 1 unspecified atom stereocenters. The van der Waals surface area contributed by atoms with E-state index in [4.69, 9.17) is 16.3 Å². The molecule has 8 heteroatoms. The van der Waals surface area contributed by atoms with E-state index in [1.54, 1.807) is 24.1 Å². The molecule has 3 rings (SSSR count). The average molecular weight is 493 g/mol. The predicted octanol–water partition coefficient (Wildman–Crippen LogP) is 4.72. The average Bonchev–Trinajstić information content (AvgIpc) is 3.10. The number of hydrazone groups is 1. The molecule has 0 saturated carbocycles. The van der Waals surface area contributed by atoms with Crippen LogP contribution in [0.4, 0.5) is 5.69 Å². The topological polar surface area (TPSA) is 71.0 Å². The molecule has 6 nitrogen and oxygen atoms in total. The van der Waals surface area contributed by atoms with Gasteiger partial charge in [0.1, 0.15) is 12.0 Å². The van der Waals surface area contributed by atoms with Crippen molar-refractivity contribution in [1.29, 1.82) is 0 Å². The molecule has 0 aromatic heterocycles. The number of hydrogen-bond acceptors (Lipinski definition) is 5. The molecule has 2 aromatic rings. The van der Waals surface area contributed by atoms with E-state index in [0.29, 0.717) is 22.8 Å². The van der Waals surface area contributed by atoms with Gasteiger partial charge in [-0.1, -0.05) is 46.6 Å². The molecule has 0 aliphatic carbocycles. The van der Waals surface area contributed by atoms with Crippen LogP contribution >= 0.6 is 27.5 Å². The van der Waals surface area contributed by atoms with Crippen LogP contribution < -0.4 is 5.32 Å². The van der Waals surface area contributed by atoms with Crippen LogP contribution in [0, 0.1) is 5.41 Å². The zero-order chi connectivity index (χ0) is 21.7. The highest BCUT2D eigenvalue weighted by atomic mass is 79.9. The monoisotopic (exact) mass is 491 g/mol. The van der Waals surface area contributed by atoms with Gasteiger partial charge in [-0.15, -0.1) is 0 Å². The number of halogens is 2. The molecule has 0 saturated heterocycles. The Hall–Kier alpha value is -2.38. The molecule has 1 aliphatic heterocycles. The molecule has 1 heterocycles. The number of esters is 1. The lowest BCUT2D eigenvalue weighted by molar-refractivity contribution is -0.151. The SMILES string of the molecule is CCOC(=O)C1(CC)CN(CC(=O)Nc2ccc(Br)cc2)N=C1c1ccc(Cl)cc1. The van der Waals surface area contributed by atoms with Crippen LogP contribution in [-0.2, 0) is 14.3 Å². The van der Waals surface area contributed by atoms with Crippen LogP contribution in [0.5, 0.6) is 0 Å². The van der Waals surface area contributed by atoms with E-state index in [9.17, 15) is 9.59 Å². The lowest BCUT2D eigenvalue weighted by Crippen LogP contribution is -2.43. The maximum Gasteiger partial charge on any atom is 0.320 e. The Morgan fingerprint density at radius 1 is 1.17 bits per heavy atom. The van der Waals surface area contributed by atoms with Crippen molar-refractivity contribution in [2.24, 2.45) is 10.5 Å². The second-order valence-electron chi connectivity index (χ2n) is 6.99. The fourth-order valence-electron chi connectivity index (χ4n) is 3.45. The van der Waals surface area contributed by atoms with Gasteiger partial charge in [0.25, 0.3) is 0 Å². The largest absolute Gasteiger partial charge is 0.465 e. The molecule has 1 N–H and O–H groups in total. The zero-order valence-corrected chi connectivity index (χ0v) is 19.2. The second-order valence-corrected chi connectivity index (χ2v) is 8.34. The van der Waals surface area contributed by atoms with E-state index in [-0.39, 0.29) is 31.6 Å². The van der Waals surface area contributed by atoms with Crippen molar-refractivity contribution >= 4 is 50.8 Å². The Bertz CT molecular complexity index is 947. The van der Waals surface area contributed by atoms with Gasteiger partial charge < -0.3 is 10.1 Å². The number of benzene rings is 2. The van der Waals surface area contributed by atoms with Gasteiger partial charge in [-0.05, 0) is 55.3 Å². The number of nitrogens with zero attached hydrogens (tertiary/aromatic N) is 2. The van der Waals surface area contributed by atoms with E-state index in [1.165, 1.54) is 0 Å². The minimum absolute atomic E-state index is 0.0221. The van der Waals surface area contributed by atoms with Gasteiger partial charge in [0.2, 0.25) is 5.91 Å². The number of rotatable bonds is 7. The molecule has 0 spiro atoms. The summed E-state index contributed by atoms with van der Waals surface area (Å²) in [6, 6.07) is 14.5. The Morgan fingerprint density at radius 3 is 2.43 bits per heavy atom. The van der Waals surface area contributed by atoms with E-state index in [0.717, 1.165) is 10.0 Å². The molecular weight excluding hydrogens is 470 g/mol. The smallest absolute Gasteiger partial charge is 0.320 e. The molecule has 0 radical (unpaired) electrons. The molecule has 0 fully saturated rings. The number of anilines is 1. The Labute approximate surface area is 189 Å². The summed E-state index contributed by atoms with van der Waals surface area (Å²) in [6.07, 6.45) is 0.498. The molecule has 1 amide bonds. The van der Waals surface area contributed by atoms with E-state index in [1.807, 2.05) is 43.3 Å². The van der Waals surface area contributed by atoms with Crippen LogP contribution in [0.25, 0.3) is 0 Å². The van der Waals surface area contributed by atoms with Gasteiger partial charge in [0, 0.05) is 15.2 Å². The summed E-state index contributed by atoms with van der Waals surface area (Å²) in [5.74, 6) is -0.552. The Kier molecular flexibility index (Phi) is 7.15. The van der Waals surface area contributed by atoms with Gasteiger partial charge in [-0.3, -0.25) is 14.6 Å². The highest BCUT2D eigenvalue weighted by Gasteiger charge is 2.49. The Morgan fingerprint density at radius 2 is 1.83 bits per heavy atom. The number of carbonyl (C=O) groups is 2. The second kappa shape index (κ2) is 9.62. The molecule has 158 valence electrons. The van der Waals surface area contributed by atoms with Crippen LogP contribution in [0.3, 0.4) is 0 Å². The third-order valence-electron chi connectivity index (χ3n) is 4.99. The summed E-state index contributed by atoms with van der Waals surface area (Å²) < 4.78 is 6.31. The van der Waals surface area contributed by atoms with E-state index < -0.39 is 5.41 Å². The van der Waals surface area contributed by atoms with Crippen molar-refractivity contribution in [3.05, 3.63) is 63.6 Å². The molecule has 2 aromatic carbocycles. The van der Waals surface area contributed by atoms with Crippen molar-refractivity contribution in [2.45, 2.75) is 20.3 Å². The first-order valence-corrected chi connectivity index (χ1v) is 10.9. The molecule has 30 heavy (non-hydrogen) atoms. The van der Waals surface area contributed by atoms with E-state index >= 15 is 0 Å². The fraction of sp³-hybridized carbons (Fsp3) is 0.318. The minimum Gasteiger partial charge on any atom is -0.465 e. The van der Waals surface area contributed by atoms with Crippen LogP contribution in [0.15, 0.2) is 58.1 Å². The minimum atomic E-state index is -0.943. The van der Waals surface area contributed by atoms with Crippen LogP contribution in [0.2, 0.25) is 5.02 Å². The third-order valence-corrected chi connectivity index (χ3v) is 5.77. The summed E-state index contributed by atoms with van der Waals surface area (Å²) in [7, 11) is 0. The predicted molar refractivity (Wildman–Crippen MR) is 122 cm³/mol. The highest BCUT2D eigenvalue weighted by molar-refractivity contribution is 9.10. The number of hydrogen-bond donors (Lipinski definition) is 1. The molecule has 1 aliphatic rings. The quantitative estimate of drug-likeness (QED) is 0.568. The number of amides is 1. The van der Waals surface area contributed by atoms with Crippen molar-refractivity contribution in [2.75, 3.05) is 25.0 Å². The number of ether oxygens (including phenoxy) is 1. The van der Waals surface area contributed by atoms with Crippen molar-refractivity contribution in [3.63, 3.8) is 0 Å². The Balaban J connectivity index is 1.84. The van der Waals surface area contributed by atoms with Crippen LogP contribution in [0.1, 0.15) is 25.8 Å². The van der Waals surface area contributed by atoms with Gasteiger partial charge in [-0.2, -0.15) is 5.10 Å². The zero-order valence-electron chi connectivity index (χ0n) is 16.8. The van der Waals surface area contributed by atoms with Gasteiger partial charge >= 0.3 is 5.97 Å². The maximum atomic E-state index is 12.9. The normalized spacial score (nSPS) is 18.1. The van der Waals surface area contributed by atoms with Crippen molar-refractivity contribution < 1.29 is 14.3 Å². The molecule has 1 atom stereocenters. The molecule has 0 bridgehead atoms. The number of nitrogens with one attached hydrogen (secondary N) is 1. The van der Waals surface area contributed by atoms with E-state index in [2.05, 4.69) is 26.3 Å². The number of carbonyl (C=O) groups excluding carboxylic acids is 2. The van der Waals surface area contributed by atoms with Crippen molar-refractivity contribution in [1.82, 2.24) is 5.01 Å². The van der Waals surface area contributed by atoms with Gasteiger partial charge in [0.05, 0.1) is 18.9 Å². The van der Waals surface area contributed by atoms with Crippen molar-refractivity contribution in [3.8, 4) is 0 Å². The standard InChI is InChI=1S/C22H23BrClN3O3/c1-3-22(21(29)30-4-2)14-27(26-20(22)15-5-9-17(24)10-6-15)13-19(28)25-18-11-7-16(23)8-12-18/h5-12H,3-4,13-14H2,1-2H3,(H,25,28). The summed E-state index contributed by atoms with van der Waals surface area (Å²) >= 11 is 9.39. The highest BCUT2D eigenvalue weighted by Crippen LogP contribution is 2.36. The first-order valence-electron chi connectivity index (χ1n) is 9.70. The summed E-state index contributed by atoms with van der Waals surface area (Å²) in [6.45, 7) is 4.27. The lowest BCUT2D eigenvalue weighted by atomic mass is 9.78. The summed E-state index contributed by atoms with van der Waals surface area (Å²) in [5.41, 5.74) is 1.12. The maximum absolute atomic E-state index is 12.9. The van der Waals surface area contributed by atoms with Gasteiger partial charge in [-0.25, -0.2) is 0 Å². The first kappa shape index (κ1) is 22.3. The van der Waals surface area contributed by atoms with Crippen LogP contribution in [-0.4, -0.2) is 42.3 Å².